The Kier molecular flexibility index (Phi) is 7.39. The minimum Gasteiger partial charge on any atom is -0.311 e. The van der Waals surface area contributed by atoms with Crippen LogP contribution in [-0.2, 0) is 5.41 Å². The number of rotatable bonds is 5. The summed E-state index contributed by atoms with van der Waals surface area (Å²) < 4.78 is 27.7. The molecule has 0 saturated heterocycles. The van der Waals surface area contributed by atoms with Crippen LogP contribution in [0.2, 0.25) is 39.3 Å². The Morgan fingerprint density at radius 2 is 1.27 bits per heavy atom. The zero-order chi connectivity index (χ0) is 39.4. The summed E-state index contributed by atoms with van der Waals surface area (Å²) in [7, 11) is -3.27. The van der Waals surface area contributed by atoms with Gasteiger partial charge in [-0.1, -0.05) is 137 Å². The molecular weight excluding hydrogens is 680 g/mol. The normalized spacial score (nSPS) is 15.0. The van der Waals surface area contributed by atoms with Crippen LogP contribution < -0.4 is 35.9 Å². The third kappa shape index (κ3) is 5.84. The van der Waals surface area contributed by atoms with Gasteiger partial charge in [0.05, 0.1) is 21.8 Å². The molecule has 0 N–H and O–H groups in total. The predicted octanol–water partition coefficient (Wildman–Crippen LogP) is 10.5. The molecule has 0 atom stereocenters. The maximum atomic E-state index is 8.82. The number of hydrogen-bond donors (Lipinski definition) is 0. The molecule has 6 heteroatoms. The number of anilines is 6. The lowest BCUT2D eigenvalue weighted by atomic mass is 9.36. The number of nitrogens with zero attached hydrogens (tertiary/aromatic N) is 2. The molecule has 0 saturated carbocycles. The van der Waals surface area contributed by atoms with Crippen molar-refractivity contribution >= 4 is 94.4 Å². The predicted molar refractivity (Wildman–Crippen MR) is 238 cm³/mol. The molecule has 2 nitrogen and oxygen atoms in total. The van der Waals surface area contributed by atoms with Gasteiger partial charge in [0.15, 0.2) is 0 Å². The molecule has 0 fully saturated rings. The van der Waals surface area contributed by atoms with Crippen LogP contribution in [0, 0.1) is 13.8 Å². The zero-order valence-electron chi connectivity index (χ0n) is 35.3. The molecule has 0 amide bonds. The van der Waals surface area contributed by atoms with Gasteiger partial charge in [-0.3, -0.25) is 0 Å². The van der Waals surface area contributed by atoms with E-state index in [4.69, 9.17) is 4.11 Å². The summed E-state index contributed by atoms with van der Waals surface area (Å²) >= 11 is 1.87. The second-order valence-electron chi connectivity index (χ2n) is 17.8. The minimum absolute atomic E-state index is 0.00599. The average Bonchev–Trinajstić information content (AvgIpc) is 3.55. The molecule has 2 aliphatic heterocycles. The lowest BCUT2D eigenvalue weighted by molar-refractivity contribution is 0.590. The first-order chi connectivity index (χ1) is 25.7. The lowest BCUT2D eigenvalue weighted by Gasteiger charge is -2.44. The van der Waals surface area contributed by atoms with Gasteiger partial charge < -0.3 is 9.80 Å². The van der Waals surface area contributed by atoms with Crippen molar-refractivity contribution in [1.29, 1.82) is 0 Å². The Morgan fingerprint density at radius 1 is 0.635 bits per heavy atom. The van der Waals surface area contributed by atoms with Gasteiger partial charge in [0, 0.05) is 42.2 Å². The van der Waals surface area contributed by atoms with Crippen molar-refractivity contribution in [3.8, 4) is 10.4 Å². The van der Waals surface area contributed by atoms with E-state index in [-0.39, 0.29) is 12.1 Å². The second-order valence-corrected chi connectivity index (χ2v) is 29.1. The van der Waals surface area contributed by atoms with Gasteiger partial charge in [0.25, 0.3) is 6.71 Å². The lowest BCUT2D eigenvalue weighted by Crippen LogP contribution is -2.61. The SMILES string of the molecule is [2H]C([2H])([2H])c1cc2c3c(c1)N(c1ccc(C(C)(C)C)cc1C)c1cc(-c4ccccc4)sc1B3c1cc([Si](C)(C)C)ccc1N2c1ccc([Si](C)(C)C)cc1. The van der Waals surface area contributed by atoms with E-state index in [2.05, 4.69) is 174 Å². The van der Waals surface area contributed by atoms with E-state index < -0.39 is 23.0 Å². The van der Waals surface area contributed by atoms with E-state index >= 15 is 0 Å². The first-order valence-electron chi connectivity index (χ1n) is 20.1. The molecule has 262 valence electrons. The summed E-state index contributed by atoms with van der Waals surface area (Å²) in [6.45, 7) is 21.0. The summed E-state index contributed by atoms with van der Waals surface area (Å²) in [6, 6.07) is 40.0. The van der Waals surface area contributed by atoms with Crippen molar-refractivity contribution in [3.05, 3.63) is 126 Å². The van der Waals surface area contributed by atoms with E-state index in [1.165, 1.54) is 36.6 Å². The summed E-state index contributed by atoms with van der Waals surface area (Å²) in [4.78, 5) is 5.94. The third-order valence-corrected chi connectivity index (χ3v) is 16.3. The van der Waals surface area contributed by atoms with Crippen LogP contribution in [-0.4, -0.2) is 22.9 Å². The molecule has 52 heavy (non-hydrogen) atoms. The zero-order valence-corrected chi connectivity index (χ0v) is 35.1. The quantitative estimate of drug-likeness (QED) is 0.163. The first kappa shape index (κ1) is 31.4. The van der Waals surface area contributed by atoms with Crippen LogP contribution in [0.15, 0.2) is 109 Å². The van der Waals surface area contributed by atoms with E-state index in [9.17, 15) is 0 Å². The van der Waals surface area contributed by atoms with Gasteiger partial charge in [-0.25, -0.2) is 0 Å². The van der Waals surface area contributed by atoms with E-state index in [1.807, 2.05) is 23.5 Å². The summed E-state index contributed by atoms with van der Waals surface area (Å²) in [5.74, 6) is 0. The second kappa shape index (κ2) is 12.2. The third-order valence-electron chi connectivity index (χ3n) is 10.9. The van der Waals surface area contributed by atoms with Crippen molar-refractivity contribution in [3.63, 3.8) is 0 Å². The highest BCUT2D eigenvalue weighted by atomic mass is 32.1. The van der Waals surface area contributed by atoms with Crippen LogP contribution in [0.5, 0.6) is 0 Å². The van der Waals surface area contributed by atoms with Gasteiger partial charge in [-0.2, -0.15) is 0 Å². The van der Waals surface area contributed by atoms with Crippen LogP contribution in [0.25, 0.3) is 10.4 Å². The largest absolute Gasteiger partial charge is 0.311 e. The number of fused-ring (bicyclic) bond motifs is 4. The molecule has 0 bridgehead atoms. The molecule has 0 aliphatic carbocycles. The van der Waals surface area contributed by atoms with Crippen LogP contribution in [0.4, 0.5) is 34.1 Å². The smallest absolute Gasteiger partial charge is 0.264 e. The molecule has 6 aromatic rings. The van der Waals surface area contributed by atoms with Gasteiger partial charge in [0.2, 0.25) is 0 Å². The van der Waals surface area contributed by atoms with Gasteiger partial charge >= 0.3 is 0 Å². The number of thiophene rings is 1. The molecule has 3 heterocycles. The molecule has 0 unspecified atom stereocenters. The maximum absolute atomic E-state index is 8.82. The highest BCUT2D eigenvalue weighted by Crippen LogP contribution is 2.47. The fourth-order valence-electron chi connectivity index (χ4n) is 7.97. The molecule has 1 aromatic heterocycles. The standard InChI is InChI=1S/C46H51BN2SSi2/c1-30-25-40-44-41(26-30)49(38-23-17-33(27-31(38)2)46(3,4)5)42-29-43(32-15-13-12-14-16-32)50-45(42)47(44)37-28-36(52(9,10)11)22-24-39(37)48(40)34-18-20-35(21-19-34)51(6,7)8/h12-29H,1-11H3/i1D3. The minimum atomic E-state index is -2.31. The van der Waals surface area contributed by atoms with Crippen molar-refractivity contribution in [2.45, 2.75) is 79.2 Å². The maximum Gasteiger partial charge on any atom is 0.264 e. The van der Waals surface area contributed by atoms with Crippen molar-refractivity contribution in [2.24, 2.45) is 0 Å². The molecule has 2 aliphatic rings. The van der Waals surface area contributed by atoms with Gasteiger partial charge in [-0.15, -0.1) is 11.3 Å². The fraction of sp³-hybridized carbons (Fsp3) is 0.261. The molecule has 5 aromatic carbocycles. The summed E-state index contributed by atoms with van der Waals surface area (Å²) in [6.07, 6.45) is 0. The van der Waals surface area contributed by atoms with E-state index in [1.54, 1.807) is 0 Å². The number of benzene rings is 5. The van der Waals surface area contributed by atoms with Crippen molar-refractivity contribution < 1.29 is 4.11 Å². The monoisotopic (exact) mass is 733 g/mol. The first-order valence-corrected chi connectivity index (χ1v) is 26.4. The highest BCUT2D eigenvalue weighted by molar-refractivity contribution is 7.31. The Bertz CT molecular complexity index is 2450. The van der Waals surface area contributed by atoms with Gasteiger partial charge in [0.1, 0.15) is 0 Å². The van der Waals surface area contributed by atoms with E-state index in [0.29, 0.717) is 5.56 Å². The molecule has 0 radical (unpaired) electrons. The average molecular weight is 734 g/mol. The molecule has 0 spiro atoms. The van der Waals surface area contributed by atoms with Gasteiger partial charge in [-0.05, 0) is 94.8 Å². The topological polar surface area (TPSA) is 6.48 Å². The Morgan fingerprint density at radius 3 is 1.88 bits per heavy atom. The number of hydrogen-bond acceptors (Lipinski definition) is 3. The fourth-order valence-corrected chi connectivity index (χ4v) is 11.6. The Balaban J connectivity index is 1.49. The van der Waals surface area contributed by atoms with Crippen LogP contribution in [0.3, 0.4) is 0 Å². The Hall–Kier alpha value is -4.10. The molecular formula is C46H51BN2SSi2. The molecule has 8 rings (SSSR count). The number of aryl methyl sites for hydroxylation is 2. The van der Waals surface area contributed by atoms with Crippen molar-refractivity contribution in [2.75, 3.05) is 9.80 Å². The van der Waals surface area contributed by atoms with E-state index in [0.717, 1.165) is 45.2 Å². The van der Waals surface area contributed by atoms with Crippen LogP contribution in [0.1, 0.15) is 41.6 Å². The summed E-state index contributed by atoms with van der Waals surface area (Å²) in [5, 5.41) is 2.82. The van der Waals surface area contributed by atoms with Crippen molar-refractivity contribution in [1.82, 2.24) is 0 Å². The Labute approximate surface area is 322 Å². The van der Waals surface area contributed by atoms with Crippen LogP contribution >= 0.6 is 11.3 Å². The highest BCUT2D eigenvalue weighted by Gasteiger charge is 2.45. The summed E-state index contributed by atoms with van der Waals surface area (Å²) in [5.41, 5.74) is 12.7.